The Balaban J connectivity index is 2.01. The van der Waals surface area contributed by atoms with Crippen LogP contribution >= 0.6 is 0 Å². The summed E-state index contributed by atoms with van der Waals surface area (Å²) in [5, 5.41) is 3.14. The van der Waals surface area contributed by atoms with Gasteiger partial charge in [-0.25, -0.2) is 14.8 Å². The van der Waals surface area contributed by atoms with Crippen LogP contribution in [0.4, 0.5) is 19.0 Å². The van der Waals surface area contributed by atoms with E-state index in [1.165, 1.54) is 18.3 Å². The molecule has 1 atom stereocenters. The van der Waals surface area contributed by atoms with Gasteiger partial charge in [-0.05, 0) is 43.7 Å². The standard InChI is InChI=1S/C23H22F3N3O3/c1-4-32-22(30)19-13-27-20(16-8-5-9-17(11-16)23(24,25)26)29-21(19)28-14(2)15-7-6-10-18(12-15)31-3/h5-14H,4H2,1-3H3,(H,27,28,29). The Bertz CT molecular complexity index is 1100. The number of methoxy groups -OCH3 is 1. The maximum Gasteiger partial charge on any atom is 0.416 e. The van der Waals surface area contributed by atoms with Crippen LogP contribution in [0.3, 0.4) is 0 Å². The van der Waals surface area contributed by atoms with Gasteiger partial charge in [0, 0.05) is 11.8 Å². The average Bonchev–Trinajstić information content (AvgIpc) is 2.78. The Morgan fingerprint density at radius 1 is 1.16 bits per heavy atom. The second kappa shape index (κ2) is 9.67. The van der Waals surface area contributed by atoms with Crippen molar-refractivity contribution in [1.29, 1.82) is 0 Å². The summed E-state index contributed by atoms with van der Waals surface area (Å²) in [6.45, 7) is 3.68. The zero-order valence-corrected chi connectivity index (χ0v) is 17.7. The molecular weight excluding hydrogens is 423 g/mol. The van der Waals surface area contributed by atoms with E-state index in [2.05, 4.69) is 15.3 Å². The van der Waals surface area contributed by atoms with E-state index in [0.717, 1.165) is 17.7 Å². The van der Waals surface area contributed by atoms with E-state index in [0.29, 0.717) is 5.75 Å². The van der Waals surface area contributed by atoms with Crippen LogP contribution < -0.4 is 10.1 Å². The van der Waals surface area contributed by atoms with E-state index in [9.17, 15) is 18.0 Å². The van der Waals surface area contributed by atoms with Gasteiger partial charge in [-0.2, -0.15) is 13.2 Å². The maximum absolute atomic E-state index is 13.1. The van der Waals surface area contributed by atoms with Gasteiger partial charge in [0.2, 0.25) is 0 Å². The number of carbonyl (C=O) groups is 1. The molecule has 0 saturated carbocycles. The molecule has 3 aromatic rings. The molecule has 0 amide bonds. The van der Waals surface area contributed by atoms with E-state index in [1.807, 2.05) is 25.1 Å². The van der Waals surface area contributed by atoms with Crippen molar-refractivity contribution in [1.82, 2.24) is 9.97 Å². The first-order valence-electron chi connectivity index (χ1n) is 9.85. The van der Waals surface area contributed by atoms with Crippen molar-refractivity contribution >= 4 is 11.8 Å². The number of carbonyl (C=O) groups excluding carboxylic acids is 1. The van der Waals surface area contributed by atoms with Crippen LogP contribution in [0.25, 0.3) is 11.4 Å². The fourth-order valence-corrected chi connectivity index (χ4v) is 3.02. The zero-order chi connectivity index (χ0) is 23.3. The van der Waals surface area contributed by atoms with Gasteiger partial charge in [-0.1, -0.05) is 24.3 Å². The van der Waals surface area contributed by atoms with Gasteiger partial charge in [0.1, 0.15) is 17.1 Å². The van der Waals surface area contributed by atoms with Gasteiger partial charge in [0.15, 0.2) is 5.82 Å². The van der Waals surface area contributed by atoms with Crippen molar-refractivity contribution in [3.8, 4) is 17.1 Å². The lowest BCUT2D eigenvalue weighted by Crippen LogP contribution is -2.15. The van der Waals surface area contributed by atoms with Gasteiger partial charge in [0.25, 0.3) is 0 Å². The third kappa shape index (κ3) is 5.35. The number of anilines is 1. The Labute approximate surface area is 183 Å². The van der Waals surface area contributed by atoms with E-state index in [1.54, 1.807) is 20.1 Å². The van der Waals surface area contributed by atoms with Crippen LogP contribution in [0, 0.1) is 0 Å². The molecule has 1 aromatic heterocycles. The highest BCUT2D eigenvalue weighted by atomic mass is 19.4. The van der Waals surface area contributed by atoms with Crippen molar-refractivity contribution in [3.63, 3.8) is 0 Å². The highest BCUT2D eigenvalue weighted by Crippen LogP contribution is 2.32. The maximum atomic E-state index is 13.1. The fourth-order valence-electron chi connectivity index (χ4n) is 3.02. The lowest BCUT2D eigenvalue weighted by atomic mass is 10.1. The molecule has 0 saturated heterocycles. The molecule has 9 heteroatoms. The number of aromatic nitrogens is 2. The summed E-state index contributed by atoms with van der Waals surface area (Å²) >= 11 is 0. The fraction of sp³-hybridized carbons (Fsp3) is 0.261. The topological polar surface area (TPSA) is 73.3 Å². The van der Waals surface area contributed by atoms with Gasteiger partial charge in [0.05, 0.1) is 25.3 Å². The molecule has 3 rings (SSSR count). The number of rotatable bonds is 7. The number of nitrogens with one attached hydrogen (secondary N) is 1. The lowest BCUT2D eigenvalue weighted by molar-refractivity contribution is -0.137. The molecule has 0 spiro atoms. The second-order valence-corrected chi connectivity index (χ2v) is 6.90. The van der Waals surface area contributed by atoms with Crippen molar-refractivity contribution in [2.45, 2.75) is 26.1 Å². The van der Waals surface area contributed by atoms with Crippen LogP contribution in [0.2, 0.25) is 0 Å². The number of halogens is 3. The zero-order valence-electron chi connectivity index (χ0n) is 17.7. The SMILES string of the molecule is CCOC(=O)c1cnc(-c2cccc(C(F)(F)F)c2)nc1NC(C)c1cccc(OC)c1. The predicted molar refractivity (Wildman–Crippen MR) is 113 cm³/mol. The van der Waals surface area contributed by atoms with E-state index in [-0.39, 0.29) is 35.4 Å². The van der Waals surface area contributed by atoms with Gasteiger partial charge >= 0.3 is 12.1 Å². The number of esters is 1. The molecule has 0 bridgehead atoms. The molecule has 1 unspecified atom stereocenters. The molecular formula is C23H22F3N3O3. The molecule has 0 radical (unpaired) electrons. The number of hydrogen-bond acceptors (Lipinski definition) is 6. The molecule has 0 aliphatic heterocycles. The first kappa shape index (κ1) is 23.1. The van der Waals surface area contributed by atoms with E-state index < -0.39 is 17.7 Å². The number of ether oxygens (including phenoxy) is 2. The third-order valence-electron chi connectivity index (χ3n) is 4.68. The Morgan fingerprint density at radius 2 is 1.91 bits per heavy atom. The number of nitrogens with zero attached hydrogens (tertiary/aromatic N) is 2. The summed E-state index contributed by atoms with van der Waals surface area (Å²) < 4.78 is 49.7. The smallest absolute Gasteiger partial charge is 0.416 e. The number of hydrogen-bond donors (Lipinski definition) is 1. The Morgan fingerprint density at radius 3 is 2.59 bits per heavy atom. The second-order valence-electron chi connectivity index (χ2n) is 6.90. The minimum absolute atomic E-state index is 0.0458. The molecule has 0 aliphatic carbocycles. The Hall–Kier alpha value is -3.62. The van der Waals surface area contributed by atoms with Crippen LogP contribution in [-0.2, 0) is 10.9 Å². The van der Waals surface area contributed by atoms with Crippen LogP contribution in [0.1, 0.15) is 41.4 Å². The van der Waals surface area contributed by atoms with E-state index >= 15 is 0 Å². The highest BCUT2D eigenvalue weighted by Gasteiger charge is 2.30. The minimum Gasteiger partial charge on any atom is -0.497 e. The molecule has 6 nitrogen and oxygen atoms in total. The van der Waals surface area contributed by atoms with Gasteiger partial charge < -0.3 is 14.8 Å². The predicted octanol–water partition coefficient (Wildman–Crippen LogP) is 5.52. The molecule has 1 heterocycles. The summed E-state index contributed by atoms with van der Waals surface area (Å²) in [6.07, 6.45) is -3.25. The molecule has 2 aromatic carbocycles. The number of benzene rings is 2. The summed E-state index contributed by atoms with van der Waals surface area (Å²) in [7, 11) is 1.56. The summed E-state index contributed by atoms with van der Waals surface area (Å²) in [5.41, 5.74) is 0.301. The van der Waals surface area contributed by atoms with Crippen molar-refractivity contribution in [3.05, 3.63) is 71.4 Å². The van der Waals surface area contributed by atoms with Gasteiger partial charge in [-0.15, -0.1) is 0 Å². The average molecular weight is 445 g/mol. The van der Waals surface area contributed by atoms with Crippen LogP contribution in [0.15, 0.2) is 54.7 Å². The monoisotopic (exact) mass is 445 g/mol. The lowest BCUT2D eigenvalue weighted by Gasteiger charge is -2.18. The summed E-state index contributed by atoms with van der Waals surface area (Å²) in [4.78, 5) is 20.9. The molecule has 0 aliphatic rings. The largest absolute Gasteiger partial charge is 0.497 e. The molecule has 32 heavy (non-hydrogen) atoms. The summed E-state index contributed by atoms with van der Waals surface area (Å²) in [5.74, 6) is 0.225. The quantitative estimate of drug-likeness (QED) is 0.483. The van der Waals surface area contributed by atoms with E-state index in [4.69, 9.17) is 9.47 Å². The highest BCUT2D eigenvalue weighted by molar-refractivity contribution is 5.94. The number of alkyl halides is 3. The van der Waals surface area contributed by atoms with Crippen LogP contribution in [0.5, 0.6) is 5.75 Å². The molecule has 1 N–H and O–H groups in total. The van der Waals surface area contributed by atoms with Crippen molar-refractivity contribution in [2.24, 2.45) is 0 Å². The van der Waals surface area contributed by atoms with Crippen molar-refractivity contribution < 1.29 is 27.4 Å². The third-order valence-corrected chi connectivity index (χ3v) is 4.68. The van der Waals surface area contributed by atoms with Crippen molar-refractivity contribution in [2.75, 3.05) is 19.0 Å². The minimum atomic E-state index is -4.50. The molecule has 168 valence electrons. The first-order valence-corrected chi connectivity index (χ1v) is 9.85. The Kier molecular flexibility index (Phi) is 6.97. The summed E-state index contributed by atoms with van der Waals surface area (Å²) in [6, 6.07) is 11.7. The van der Waals surface area contributed by atoms with Gasteiger partial charge in [-0.3, -0.25) is 0 Å². The van der Waals surface area contributed by atoms with Crippen LogP contribution in [-0.4, -0.2) is 29.7 Å². The molecule has 0 fully saturated rings. The first-order chi connectivity index (χ1) is 15.2. The normalized spacial score (nSPS) is 12.2.